The van der Waals surface area contributed by atoms with Crippen molar-refractivity contribution in [2.75, 3.05) is 6.61 Å². The van der Waals surface area contributed by atoms with Crippen molar-refractivity contribution in [2.24, 2.45) is 5.92 Å². The Balaban J connectivity index is 1.55. The first-order chi connectivity index (χ1) is 13.1. The highest BCUT2D eigenvalue weighted by Crippen LogP contribution is 2.39. The van der Waals surface area contributed by atoms with Crippen LogP contribution in [-0.2, 0) is 9.73 Å². The lowest BCUT2D eigenvalue weighted by Crippen LogP contribution is -2.33. The number of rotatable bonds is 8. The van der Waals surface area contributed by atoms with E-state index in [0.717, 1.165) is 17.2 Å². The van der Waals surface area contributed by atoms with Crippen LogP contribution < -0.4 is 5.32 Å². The molecule has 0 saturated heterocycles. The fourth-order valence-electron chi connectivity index (χ4n) is 4.37. The summed E-state index contributed by atoms with van der Waals surface area (Å²) in [4.78, 5) is -0.684. The standard InChI is InChI=1S/C24H34ClNO/c1-3-5-6-7-19-8-10-20(11-9-19)21-12-14-22(15-13-21)24(25)17-16-23(18-26-24)27-4-2/h12-20,26H,3-11H2,1-2H3. The number of alkyl halides is 1. The molecule has 1 aliphatic heterocycles. The molecule has 1 fully saturated rings. The van der Waals surface area contributed by atoms with Crippen molar-refractivity contribution in [2.45, 2.75) is 76.1 Å². The van der Waals surface area contributed by atoms with Crippen molar-refractivity contribution in [3.05, 3.63) is 59.5 Å². The molecule has 1 heterocycles. The lowest BCUT2D eigenvalue weighted by molar-refractivity contribution is 0.237. The van der Waals surface area contributed by atoms with E-state index in [2.05, 4.69) is 36.5 Å². The van der Waals surface area contributed by atoms with Crippen molar-refractivity contribution in [1.82, 2.24) is 5.32 Å². The van der Waals surface area contributed by atoms with Crippen LogP contribution in [0.15, 0.2) is 48.4 Å². The molecule has 1 aliphatic carbocycles. The fraction of sp³-hybridized carbons (Fsp3) is 0.583. The highest BCUT2D eigenvalue weighted by atomic mass is 35.5. The Kier molecular flexibility index (Phi) is 7.29. The maximum Gasteiger partial charge on any atom is 0.157 e. The maximum absolute atomic E-state index is 6.79. The summed E-state index contributed by atoms with van der Waals surface area (Å²) in [6.45, 7) is 4.93. The van der Waals surface area contributed by atoms with Crippen LogP contribution in [0.1, 0.15) is 82.3 Å². The minimum absolute atomic E-state index is 0.655. The predicted octanol–water partition coefficient (Wildman–Crippen LogP) is 6.97. The van der Waals surface area contributed by atoms with Crippen LogP contribution in [0.3, 0.4) is 0 Å². The summed E-state index contributed by atoms with van der Waals surface area (Å²) in [5.74, 6) is 2.49. The molecule has 1 aromatic carbocycles. The smallest absolute Gasteiger partial charge is 0.157 e. The van der Waals surface area contributed by atoms with Gasteiger partial charge in [-0.2, -0.15) is 0 Å². The van der Waals surface area contributed by atoms with Gasteiger partial charge in [0.2, 0.25) is 0 Å². The molecule has 2 aliphatic rings. The average Bonchev–Trinajstić information content (AvgIpc) is 2.71. The first kappa shape index (κ1) is 20.3. The van der Waals surface area contributed by atoms with Crippen LogP contribution in [0.2, 0.25) is 0 Å². The number of benzene rings is 1. The Morgan fingerprint density at radius 1 is 1.07 bits per heavy atom. The molecular weight excluding hydrogens is 354 g/mol. The van der Waals surface area contributed by atoms with E-state index < -0.39 is 5.00 Å². The summed E-state index contributed by atoms with van der Waals surface area (Å²) < 4.78 is 5.50. The summed E-state index contributed by atoms with van der Waals surface area (Å²) in [5, 5.41) is 3.27. The first-order valence-corrected chi connectivity index (χ1v) is 11.1. The first-order valence-electron chi connectivity index (χ1n) is 10.7. The van der Waals surface area contributed by atoms with Crippen LogP contribution in [0.4, 0.5) is 0 Å². The molecule has 1 unspecified atom stereocenters. The largest absolute Gasteiger partial charge is 0.492 e. The monoisotopic (exact) mass is 387 g/mol. The van der Waals surface area contributed by atoms with Gasteiger partial charge in [0.25, 0.3) is 0 Å². The molecule has 27 heavy (non-hydrogen) atoms. The third kappa shape index (κ3) is 5.31. The van der Waals surface area contributed by atoms with Gasteiger partial charge in [0.1, 0.15) is 5.76 Å². The summed E-state index contributed by atoms with van der Waals surface area (Å²) in [7, 11) is 0. The zero-order valence-corrected chi connectivity index (χ0v) is 17.6. The molecule has 0 radical (unpaired) electrons. The third-order valence-electron chi connectivity index (χ3n) is 6.08. The Hall–Kier alpha value is -1.41. The van der Waals surface area contributed by atoms with Crippen LogP contribution in [0.25, 0.3) is 0 Å². The molecular formula is C24H34ClNO. The van der Waals surface area contributed by atoms with E-state index in [1.165, 1.54) is 56.9 Å². The molecule has 0 amide bonds. The van der Waals surface area contributed by atoms with Gasteiger partial charge in [0, 0.05) is 6.20 Å². The predicted molar refractivity (Wildman–Crippen MR) is 115 cm³/mol. The number of ether oxygens (including phenoxy) is 1. The van der Waals surface area contributed by atoms with E-state index in [4.69, 9.17) is 16.3 Å². The van der Waals surface area contributed by atoms with Crippen molar-refractivity contribution in [3.63, 3.8) is 0 Å². The molecule has 148 valence electrons. The van der Waals surface area contributed by atoms with Crippen LogP contribution in [0, 0.1) is 5.92 Å². The Labute approximate surface area is 170 Å². The summed E-state index contributed by atoms with van der Waals surface area (Å²) >= 11 is 6.79. The van der Waals surface area contributed by atoms with Crippen molar-refractivity contribution in [3.8, 4) is 0 Å². The van der Waals surface area contributed by atoms with E-state index in [-0.39, 0.29) is 0 Å². The van der Waals surface area contributed by atoms with Gasteiger partial charge in [-0.05, 0) is 67.7 Å². The van der Waals surface area contributed by atoms with E-state index >= 15 is 0 Å². The molecule has 1 aromatic rings. The van der Waals surface area contributed by atoms with E-state index in [1.54, 1.807) is 0 Å². The van der Waals surface area contributed by atoms with Gasteiger partial charge in [-0.3, -0.25) is 0 Å². The van der Waals surface area contributed by atoms with Gasteiger partial charge in [-0.15, -0.1) is 0 Å². The van der Waals surface area contributed by atoms with Gasteiger partial charge < -0.3 is 10.1 Å². The molecule has 2 nitrogen and oxygen atoms in total. The molecule has 3 heteroatoms. The normalized spacial score (nSPS) is 27.7. The Bertz CT molecular complexity index is 643. The number of hydrogen-bond donors (Lipinski definition) is 1. The second-order valence-electron chi connectivity index (χ2n) is 8.00. The topological polar surface area (TPSA) is 21.3 Å². The van der Waals surface area contributed by atoms with Gasteiger partial charge in [0.15, 0.2) is 5.00 Å². The van der Waals surface area contributed by atoms with Gasteiger partial charge in [0.05, 0.1) is 6.61 Å². The summed E-state index contributed by atoms with van der Waals surface area (Å²) in [5.41, 5.74) is 2.54. The summed E-state index contributed by atoms with van der Waals surface area (Å²) in [6.07, 6.45) is 16.8. The van der Waals surface area contributed by atoms with Crippen LogP contribution in [0.5, 0.6) is 0 Å². The molecule has 0 spiro atoms. The number of nitrogens with one attached hydrogen (secondary N) is 1. The number of allylic oxidation sites excluding steroid dienone is 1. The second-order valence-corrected chi connectivity index (χ2v) is 8.60. The zero-order chi connectivity index (χ0) is 19.1. The minimum Gasteiger partial charge on any atom is -0.492 e. The van der Waals surface area contributed by atoms with Crippen molar-refractivity contribution in [1.29, 1.82) is 0 Å². The number of unbranched alkanes of at least 4 members (excludes halogenated alkanes) is 2. The van der Waals surface area contributed by atoms with Gasteiger partial charge in [-0.25, -0.2) is 0 Å². The fourth-order valence-corrected chi connectivity index (χ4v) is 4.61. The van der Waals surface area contributed by atoms with E-state index in [0.29, 0.717) is 12.5 Å². The molecule has 1 saturated carbocycles. The number of halogens is 1. The molecule has 1 atom stereocenters. The van der Waals surface area contributed by atoms with Gasteiger partial charge in [-0.1, -0.05) is 68.5 Å². The quantitative estimate of drug-likeness (QED) is 0.295. The Morgan fingerprint density at radius 2 is 1.81 bits per heavy atom. The molecule has 3 rings (SSSR count). The van der Waals surface area contributed by atoms with E-state index in [9.17, 15) is 0 Å². The number of dihydropyridines is 1. The highest BCUT2D eigenvalue weighted by Gasteiger charge is 2.28. The molecule has 0 aromatic heterocycles. The van der Waals surface area contributed by atoms with Crippen molar-refractivity contribution < 1.29 is 4.74 Å². The van der Waals surface area contributed by atoms with Crippen LogP contribution in [-0.4, -0.2) is 6.61 Å². The maximum atomic E-state index is 6.79. The lowest BCUT2D eigenvalue weighted by Gasteiger charge is -2.30. The van der Waals surface area contributed by atoms with Crippen LogP contribution >= 0.6 is 11.6 Å². The zero-order valence-electron chi connectivity index (χ0n) is 16.8. The molecule has 1 N–H and O–H groups in total. The minimum atomic E-state index is -0.684. The SMILES string of the molecule is CCCCCC1CCC(c2ccc(C3(Cl)C=CC(OCC)=CN3)cc2)CC1. The number of hydrogen-bond acceptors (Lipinski definition) is 2. The molecule has 0 bridgehead atoms. The highest BCUT2D eigenvalue weighted by molar-refractivity contribution is 6.25. The lowest BCUT2D eigenvalue weighted by atomic mass is 9.77. The third-order valence-corrected chi connectivity index (χ3v) is 6.53. The second kappa shape index (κ2) is 9.68. The van der Waals surface area contributed by atoms with Crippen molar-refractivity contribution >= 4 is 11.6 Å². The summed E-state index contributed by atoms with van der Waals surface area (Å²) in [6, 6.07) is 8.90. The average molecular weight is 388 g/mol. The van der Waals surface area contributed by atoms with E-state index in [1.807, 2.05) is 25.3 Å². The van der Waals surface area contributed by atoms with Gasteiger partial charge >= 0.3 is 0 Å². The Morgan fingerprint density at radius 3 is 2.41 bits per heavy atom.